The van der Waals surface area contributed by atoms with Crippen molar-refractivity contribution in [2.45, 2.75) is 26.1 Å². The van der Waals surface area contributed by atoms with Gasteiger partial charge < -0.3 is 9.64 Å². The molecule has 4 heterocycles. The van der Waals surface area contributed by atoms with Gasteiger partial charge in [0.2, 0.25) is 0 Å². The molecular formula is C18H23N7O. The van der Waals surface area contributed by atoms with Crippen LogP contribution in [0.15, 0.2) is 24.7 Å². The van der Waals surface area contributed by atoms with Gasteiger partial charge in [0.05, 0.1) is 31.4 Å². The molecule has 2 saturated heterocycles. The monoisotopic (exact) mass is 353 g/mol. The Balaban J connectivity index is 1.59. The fourth-order valence-corrected chi connectivity index (χ4v) is 3.92. The average Bonchev–Trinajstić information content (AvgIpc) is 2.91. The van der Waals surface area contributed by atoms with E-state index in [2.05, 4.69) is 37.9 Å². The summed E-state index contributed by atoms with van der Waals surface area (Å²) in [6.45, 7) is 7.72. The molecule has 4 rings (SSSR count). The first kappa shape index (κ1) is 16.9. The van der Waals surface area contributed by atoms with Crippen molar-refractivity contribution in [1.29, 1.82) is 5.26 Å². The number of nitrogens with zero attached hydrogens (tertiary/aromatic N) is 7. The second-order valence-electron chi connectivity index (χ2n) is 6.88. The molecule has 2 aromatic heterocycles. The fraction of sp³-hybridized carbons (Fsp3) is 0.556. The zero-order valence-corrected chi connectivity index (χ0v) is 15.0. The molecule has 2 fully saturated rings. The summed E-state index contributed by atoms with van der Waals surface area (Å²) in [5, 5.41) is 13.7. The lowest BCUT2D eigenvalue weighted by Gasteiger charge is -2.32. The van der Waals surface area contributed by atoms with Gasteiger partial charge in [0.1, 0.15) is 24.0 Å². The largest absolute Gasteiger partial charge is 0.379 e. The van der Waals surface area contributed by atoms with Crippen molar-refractivity contribution in [2.24, 2.45) is 5.92 Å². The second-order valence-corrected chi connectivity index (χ2v) is 6.88. The molecular weight excluding hydrogens is 330 g/mol. The van der Waals surface area contributed by atoms with E-state index in [0.29, 0.717) is 18.1 Å². The van der Waals surface area contributed by atoms with Crippen molar-refractivity contribution in [1.82, 2.24) is 24.6 Å². The molecule has 2 aromatic rings. The normalized spacial score (nSPS) is 23.5. The zero-order chi connectivity index (χ0) is 17.9. The average molecular weight is 353 g/mol. The summed E-state index contributed by atoms with van der Waals surface area (Å²) in [7, 11) is 0. The Bertz CT molecular complexity index is 799. The van der Waals surface area contributed by atoms with Crippen molar-refractivity contribution in [3.63, 3.8) is 0 Å². The summed E-state index contributed by atoms with van der Waals surface area (Å²) in [5.74, 6) is 2.14. The molecule has 0 spiro atoms. The van der Waals surface area contributed by atoms with Crippen LogP contribution >= 0.6 is 0 Å². The van der Waals surface area contributed by atoms with Gasteiger partial charge in [-0.05, 0) is 19.1 Å². The lowest BCUT2D eigenvalue weighted by atomic mass is 10.1. The number of fused-ring (bicyclic) bond motifs is 3. The molecule has 2 aliphatic rings. The molecule has 0 N–H and O–H groups in total. The predicted octanol–water partition coefficient (Wildman–Crippen LogP) is 0.902. The first-order chi connectivity index (χ1) is 12.8. The number of hydrogen-bond acceptors (Lipinski definition) is 7. The Morgan fingerprint density at radius 2 is 2.19 bits per heavy atom. The van der Waals surface area contributed by atoms with Gasteiger partial charge in [0, 0.05) is 38.3 Å². The lowest BCUT2D eigenvalue weighted by Crippen LogP contribution is -2.44. The van der Waals surface area contributed by atoms with Crippen LogP contribution in [0, 0.1) is 17.2 Å². The number of hydrogen-bond donors (Lipinski definition) is 0. The highest BCUT2D eigenvalue weighted by Gasteiger charge is 2.35. The number of rotatable bonds is 4. The summed E-state index contributed by atoms with van der Waals surface area (Å²) in [6.07, 6.45) is 3.38. The van der Waals surface area contributed by atoms with Gasteiger partial charge in [-0.25, -0.2) is 14.6 Å². The highest BCUT2D eigenvalue weighted by atomic mass is 16.5. The van der Waals surface area contributed by atoms with Gasteiger partial charge >= 0.3 is 0 Å². The smallest absolute Gasteiger partial charge is 0.146 e. The molecule has 0 aromatic carbocycles. The third kappa shape index (κ3) is 3.28. The molecule has 8 nitrogen and oxygen atoms in total. The zero-order valence-electron chi connectivity index (χ0n) is 15.0. The van der Waals surface area contributed by atoms with E-state index in [1.54, 1.807) is 12.5 Å². The Morgan fingerprint density at radius 1 is 1.27 bits per heavy atom. The van der Waals surface area contributed by atoms with Crippen molar-refractivity contribution in [3.05, 3.63) is 36.0 Å². The molecule has 0 unspecified atom stereocenters. The maximum absolute atomic E-state index is 9.46. The summed E-state index contributed by atoms with van der Waals surface area (Å²) in [5.41, 5.74) is 0.623. The molecule has 2 atom stereocenters. The van der Waals surface area contributed by atoms with Crippen LogP contribution in [-0.2, 0) is 17.8 Å². The van der Waals surface area contributed by atoms with Gasteiger partial charge in [-0.2, -0.15) is 10.4 Å². The topological polar surface area (TPSA) is 83.1 Å². The standard InChI is InChI=1S/C18H23N7O/c1-2-25-17(21-13-22-25)10-23-7-14-8-24(16(9-23)12-26-11-14)18-15(6-19)4-3-5-20-18/h3-5,13-14,16H,2,7-12H2,1H3/t14-,16-/m0/s1. The van der Waals surface area contributed by atoms with Crippen LogP contribution in [-0.4, -0.2) is 63.5 Å². The molecule has 0 radical (unpaired) electrons. The van der Waals surface area contributed by atoms with Crippen molar-refractivity contribution in [2.75, 3.05) is 37.7 Å². The molecule has 2 aliphatic heterocycles. The third-order valence-corrected chi connectivity index (χ3v) is 5.08. The van der Waals surface area contributed by atoms with E-state index in [9.17, 15) is 5.26 Å². The van der Waals surface area contributed by atoms with E-state index in [1.807, 2.05) is 16.8 Å². The minimum atomic E-state index is 0.169. The van der Waals surface area contributed by atoms with Gasteiger partial charge in [0.25, 0.3) is 0 Å². The number of nitriles is 1. The number of aromatic nitrogens is 4. The van der Waals surface area contributed by atoms with Gasteiger partial charge in [-0.3, -0.25) is 4.90 Å². The predicted molar refractivity (Wildman–Crippen MR) is 95.4 cm³/mol. The first-order valence-corrected chi connectivity index (χ1v) is 9.07. The van der Waals surface area contributed by atoms with Gasteiger partial charge in [0.15, 0.2) is 0 Å². The maximum atomic E-state index is 9.46. The van der Waals surface area contributed by atoms with E-state index >= 15 is 0 Å². The van der Waals surface area contributed by atoms with Crippen molar-refractivity contribution in [3.8, 4) is 6.07 Å². The van der Waals surface area contributed by atoms with E-state index in [4.69, 9.17) is 4.74 Å². The van der Waals surface area contributed by atoms with E-state index in [1.165, 1.54) is 0 Å². The maximum Gasteiger partial charge on any atom is 0.146 e. The third-order valence-electron chi connectivity index (χ3n) is 5.08. The summed E-state index contributed by atoms with van der Waals surface area (Å²) in [4.78, 5) is 13.6. The molecule has 26 heavy (non-hydrogen) atoms. The fourth-order valence-electron chi connectivity index (χ4n) is 3.92. The van der Waals surface area contributed by atoms with Crippen molar-refractivity contribution < 1.29 is 4.74 Å². The van der Waals surface area contributed by atoms with E-state index in [0.717, 1.165) is 51.0 Å². The SMILES string of the molecule is CCn1ncnc1CN1C[C@@H]2COC[C@H](C1)N(c1ncccc1C#N)C2. The summed E-state index contributed by atoms with van der Waals surface area (Å²) in [6, 6.07) is 6.09. The van der Waals surface area contributed by atoms with Crippen LogP contribution < -0.4 is 4.90 Å². The molecule has 2 bridgehead atoms. The highest BCUT2D eigenvalue weighted by molar-refractivity contribution is 5.54. The van der Waals surface area contributed by atoms with Gasteiger partial charge in [-0.1, -0.05) is 0 Å². The number of anilines is 1. The van der Waals surface area contributed by atoms with Crippen LogP contribution in [0.4, 0.5) is 5.82 Å². The number of aryl methyl sites for hydroxylation is 1. The van der Waals surface area contributed by atoms with Crippen molar-refractivity contribution >= 4 is 5.82 Å². The van der Waals surface area contributed by atoms with Crippen LogP contribution in [0.3, 0.4) is 0 Å². The second kappa shape index (κ2) is 7.40. The van der Waals surface area contributed by atoms with Gasteiger partial charge in [-0.15, -0.1) is 0 Å². The Hall–Kier alpha value is -2.50. The minimum Gasteiger partial charge on any atom is -0.379 e. The van der Waals surface area contributed by atoms with Crippen LogP contribution in [0.2, 0.25) is 0 Å². The van der Waals surface area contributed by atoms with Crippen LogP contribution in [0.25, 0.3) is 0 Å². The molecule has 0 amide bonds. The lowest BCUT2D eigenvalue weighted by molar-refractivity contribution is 0.0615. The van der Waals surface area contributed by atoms with E-state index < -0.39 is 0 Å². The molecule has 136 valence electrons. The quantitative estimate of drug-likeness (QED) is 0.807. The Labute approximate surface area is 153 Å². The minimum absolute atomic E-state index is 0.169. The number of pyridine rings is 1. The summed E-state index contributed by atoms with van der Waals surface area (Å²) >= 11 is 0. The molecule has 8 heteroatoms. The first-order valence-electron chi connectivity index (χ1n) is 9.07. The molecule has 0 saturated carbocycles. The Morgan fingerprint density at radius 3 is 3.04 bits per heavy atom. The molecule has 0 aliphatic carbocycles. The Kier molecular flexibility index (Phi) is 4.82. The number of ether oxygens (including phenoxy) is 1. The van der Waals surface area contributed by atoms with E-state index in [-0.39, 0.29) is 6.04 Å². The summed E-state index contributed by atoms with van der Waals surface area (Å²) < 4.78 is 7.85. The van der Waals surface area contributed by atoms with Crippen LogP contribution in [0.5, 0.6) is 0 Å². The highest BCUT2D eigenvalue weighted by Crippen LogP contribution is 2.27. The van der Waals surface area contributed by atoms with Crippen LogP contribution in [0.1, 0.15) is 18.3 Å².